The van der Waals surface area contributed by atoms with E-state index in [1.54, 1.807) is 0 Å². The van der Waals surface area contributed by atoms with E-state index in [9.17, 15) is 0 Å². The molecule has 1 nitrogen and oxygen atoms in total. The summed E-state index contributed by atoms with van der Waals surface area (Å²) in [4.78, 5) is 0. The minimum atomic E-state index is -1.53. The van der Waals surface area contributed by atoms with Crippen molar-refractivity contribution in [2.24, 2.45) is 0 Å². The van der Waals surface area contributed by atoms with Gasteiger partial charge >= 0.3 is 0 Å². The molecule has 0 aromatic rings. The molecule has 0 saturated heterocycles. The van der Waals surface area contributed by atoms with Crippen molar-refractivity contribution < 1.29 is 4.43 Å². The van der Waals surface area contributed by atoms with E-state index in [1.165, 1.54) is 77.0 Å². The van der Waals surface area contributed by atoms with Crippen LogP contribution in [0.3, 0.4) is 0 Å². The lowest BCUT2D eigenvalue weighted by Crippen LogP contribution is -2.24. The lowest BCUT2D eigenvalue weighted by Gasteiger charge is -2.17. The van der Waals surface area contributed by atoms with Crippen LogP contribution in [0.1, 0.15) is 90.4 Å². The van der Waals surface area contributed by atoms with Crippen molar-refractivity contribution in [3.8, 4) is 11.8 Å². The van der Waals surface area contributed by atoms with Gasteiger partial charge in [0.1, 0.15) is 5.76 Å². The van der Waals surface area contributed by atoms with E-state index in [0.717, 1.165) is 6.42 Å². The maximum atomic E-state index is 5.72. The molecule has 0 saturated carbocycles. The summed E-state index contributed by atoms with van der Waals surface area (Å²) >= 11 is 0. The van der Waals surface area contributed by atoms with Crippen LogP contribution >= 0.6 is 0 Å². The van der Waals surface area contributed by atoms with Gasteiger partial charge in [0.05, 0.1) is 0 Å². The van der Waals surface area contributed by atoms with Crippen LogP contribution in [-0.2, 0) is 4.43 Å². The molecule has 0 rings (SSSR count). The Morgan fingerprint density at radius 3 is 1.65 bits per heavy atom. The standard InChI is InChI=1S/C21H40OSi/c1-6-7-8-9-10-11-12-13-14-15-16-17-18-19-20-21(2)22-23(3,4)5/h2,6-18H2,1,3-5H3. The monoisotopic (exact) mass is 336 g/mol. The smallest absolute Gasteiger partial charge is 0.243 e. The van der Waals surface area contributed by atoms with Crippen molar-refractivity contribution in [2.75, 3.05) is 0 Å². The van der Waals surface area contributed by atoms with E-state index in [0.29, 0.717) is 5.76 Å². The molecule has 0 aliphatic carbocycles. The Morgan fingerprint density at radius 1 is 0.783 bits per heavy atom. The van der Waals surface area contributed by atoms with E-state index in [-0.39, 0.29) is 0 Å². The van der Waals surface area contributed by atoms with Gasteiger partial charge in [0, 0.05) is 6.42 Å². The molecule has 0 spiro atoms. The molecule has 0 bridgehead atoms. The van der Waals surface area contributed by atoms with Gasteiger partial charge in [0.15, 0.2) is 0 Å². The zero-order valence-electron chi connectivity index (χ0n) is 16.3. The molecule has 0 aliphatic heterocycles. The first kappa shape index (κ1) is 22.3. The van der Waals surface area contributed by atoms with Gasteiger partial charge in [-0.2, -0.15) is 0 Å². The predicted octanol–water partition coefficient (Wildman–Crippen LogP) is 7.45. The van der Waals surface area contributed by atoms with Gasteiger partial charge in [0.2, 0.25) is 8.32 Å². The molecule has 0 aromatic heterocycles. The quantitative estimate of drug-likeness (QED) is 0.138. The summed E-state index contributed by atoms with van der Waals surface area (Å²) in [5.74, 6) is 6.89. The molecule has 0 radical (unpaired) electrons. The maximum Gasteiger partial charge on any atom is 0.243 e. The summed E-state index contributed by atoms with van der Waals surface area (Å²) in [6.45, 7) is 12.6. The Hall–Kier alpha value is -0.683. The second-order valence-corrected chi connectivity index (χ2v) is 12.0. The predicted molar refractivity (Wildman–Crippen MR) is 107 cm³/mol. The summed E-state index contributed by atoms with van der Waals surface area (Å²) in [6, 6.07) is 0. The lowest BCUT2D eigenvalue weighted by atomic mass is 10.0. The van der Waals surface area contributed by atoms with Gasteiger partial charge in [-0.15, -0.1) is 0 Å². The Bertz CT molecular complexity index is 343. The molecule has 0 N–H and O–H groups in total. The van der Waals surface area contributed by atoms with Gasteiger partial charge in [-0.05, 0) is 38.6 Å². The van der Waals surface area contributed by atoms with E-state index < -0.39 is 8.32 Å². The highest BCUT2D eigenvalue weighted by Gasteiger charge is 2.15. The molecule has 0 aliphatic rings. The van der Waals surface area contributed by atoms with Crippen LogP contribution in [-0.4, -0.2) is 8.32 Å². The molecule has 134 valence electrons. The first-order valence-electron chi connectivity index (χ1n) is 9.82. The third-order valence-electron chi connectivity index (χ3n) is 3.81. The Morgan fingerprint density at radius 2 is 1.22 bits per heavy atom. The fourth-order valence-electron chi connectivity index (χ4n) is 2.61. The van der Waals surface area contributed by atoms with Crippen LogP contribution in [0.2, 0.25) is 19.6 Å². The highest BCUT2D eigenvalue weighted by Crippen LogP contribution is 2.12. The fraction of sp³-hybridized carbons (Fsp3) is 0.810. The highest BCUT2D eigenvalue weighted by atomic mass is 28.4. The zero-order valence-corrected chi connectivity index (χ0v) is 17.3. The number of allylic oxidation sites excluding steroid dienone is 1. The number of hydrogen-bond acceptors (Lipinski definition) is 1. The average Bonchev–Trinajstić information content (AvgIpc) is 2.46. The maximum absolute atomic E-state index is 5.72. The van der Waals surface area contributed by atoms with Crippen LogP contribution < -0.4 is 0 Å². The molecule has 2 heteroatoms. The number of unbranched alkanes of at least 4 members (excludes halogenated alkanes) is 12. The molecule has 0 heterocycles. The van der Waals surface area contributed by atoms with Crippen molar-refractivity contribution in [1.82, 2.24) is 0 Å². The summed E-state index contributed by atoms with van der Waals surface area (Å²) in [7, 11) is -1.53. The highest BCUT2D eigenvalue weighted by molar-refractivity contribution is 6.70. The van der Waals surface area contributed by atoms with Gasteiger partial charge in [-0.25, -0.2) is 0 Å². The van der Waals surface area contributed by atoms with Gasteiger partial charge in [-0.3, -0.25) is 0 Å². The van der Waals surface area contributed by atoms with E-state index in [1.807, 2.05) is 0 Å². The van der Waals surface area contributed by atoms with E-state index in [4.69, 9.17) is 4.43 Å². The third kappa shape index (κ3) is 19.3. The van der Waals surface area contributed by atoms with Gasteiger partial charge in [-0.1, -0.05) is 83.5 Å². The van der Waals surface area contributed by atoms with E-state index >= 15 is 0 Å². The normalized spacial score (nSPS) is 11.0. The van der Waals surface area contributed by atoms with Crippen LogP contribution in [0.25, 0.3) is 0 Å². The van der Waals surface area contributed by atoms with Crippen LogP contribution in [0.15, 0.2) is 12.3 Å². The lowest BCUT2D eigenvalue weighted by molar-refractivity contribution is 0.449. The Kier molecular flexibility index (Phi) is 14.4. The second-order valence-electron chi connectivity index (χ2n) is 7.58. The summed E-state index contributed by atoms with van der Waals surface area (Å²) in [5, 5.41) is 0. The topological polar surface area (TPSA) is 9.23 Å². The Balaban J connectivity index is 3.30. The molecule has 0 unspecified atom stereocenters. The van der Waals surface area contributed by atoms with Gasteiger partial charge < -0.3 is 4.43 Å². The molecular weight excluding hydrogens is 296 g/mol. The van der Waals surface area contributed by atoms with E-state index in [2.05, 4.69) is 45.0 Å². The zero-order chi connectivity index (χ0) is 17.4. The van der Waals surface area contributed by atoms with Crippen molar-refractivity contribution in [2.45, 2.75) is 110 Å². The van der Waals surface area contributed by atoms with Crippen molar-refractivity contribution in [3.05, 3.63) is 12.3 Å². The summed E-state index contributed by atoms with van der Waals surface area (Å²) in [5.41, 5.74) is 0. The molecule has 0 aromatic carbocycles. The van der Waals surface area contributed by atoms with Crippen molar-refractivity contribution in [1.29, 1.82) is 0 Å². The third-order valence-corrected chi connectivity index (χ3v) is 4.67. The second kappa shape index (κ2) is 14.9. The Labute approximate surface area is 147 Å². The first-order valence-corrected chi connectivity index (χ1v) is 13.2. The van der Waals surface area contributed by atoms with Crippen LogP contribution in [0.4, 0.5) is 0 Å². The summed E-state index contributed by atoms with van der Waals surface area (Å²) in [6.07, 6.45) is 17.6. The first-order chi connectivity index (χ1) is 11.0. The summed E-state index contributed by atoms with van der Waals surface area (Å²) < 4.78 is 5.72. The largest absolute Gasteiger partial charge is 0.539 e. The fourth-order valence-corrected chi connectivity index (χ4v) is 3.40. The van der Waals surface area contributed by atoms with Crippen molar-refractivity contribution in [3.63, 3.8) is 0 Å². The molecule has 0 atom stereocenters. The molecule has 0 amide bonds. The molecular formula is C21H40OSi. The molecule has 0 fully saturated rings. The van der Waals surface area contributed by atoms with Crippen LogP contribution in [0.5, 0.6) is 0 Å². The SMILES string of the molecule is C=C(C#CCCCCCCCCCCCCCC)O[Si](C)(C)C. The minimum absolute atomic E-state index is 0.656. The minimum Gasteiger partial charge on any atom is -0.539 e. The number of hydrogen-bond donors (Lipinski definition) is 0. The average molecular weight is 337 g/mol. The number of rotatable bonds is 14. The molecule has 23 heavy (non-hydrogen) atoms. The van der Waals surface area contributed by atoms with Gasteiger partial charge in [0.25, 0.3) is 0 Å². The van der Waals surface area contributed by atoms with Crippen LogP contribution in [0, 0.1) is 11.8 Å². The van der Waals surface area contributed by atoms with Crippen molar-refractivity contribution >= 4 is 8.32 Å².